The summed E-state index contributed by atoms with van der Waals surface area (Å²) in [7, 11) is 1.69. The predicted octanol–water partition coefficient (Wildman–Crippen LogP) is 3.76. The fourth-order valence-corrected chi connectivity index (χ4v) is 2.84. The van der Waals surface area contributed by atoms with Crippen LogP contribution in [0.15, 0.2) is 35.1 Å². The van der Waals surface area contributed by atoms with Gasteiger partial charge in [0.2, 0.25) is 0 Å². The lowest BCUT2D eigenvalue weighted by atomic mass is 10.1. The highest BCUT2D eigenvalue weighted by Gasteiger charge is 2.11. The van der Waals surface area contributed by atoms with E-state index in [1.807, 2.05) is 23.0 Å². The van der Waals surface area contributed by atoms with Crippen molar-refractivity contribution < 1.29 is 4.74 Å². The number of rotatable bonds is 7. The number of halogens is 1. The molecule has 1 unspecified atom stereocenters. The van der Waals surface area contributed by atoms with E-state index >= 15 is 0 Å². The Balaban J connectivity index is 2.17. The first-order valence-corrected chi connectivity index (χ1v) is 8.05. The van der Waals surface area contributed by atoms with Crippen LogP contribution in [0.3, 0.4) is 0 Å². The maximum absolute atomic E-state index is 5.41. The highest BCUT2D eigenvalue weighted by molar-refractivity contribution is 9.10. The molecule has 0 aliphatic rings. The van der Waals surface area contributed by atoms with Crippen LogP contribution in [0.4, 0.5) is 0 Å². The van der Waals surface area contributed by atoms with Crippen molar-refractivity contribution in [3.63, 3.8) is 0 Å². The summed E-state index contributed by atoms with van der Waals surface area (Å²) in [6.45, 7) is 5.97. The molecule has 0 amide bonds. The molecule has 2 aromatic rings. The van der Waals surface area contributed by atoms with E-state index in [0.717, 1.165) is 28.8 Å². The number of aromatic nitrogens is 2. The molecule has 5 heteroatoms. The SMILES string of the molecule is CCNC(CC)c1cnn(Cc2cc(Br)ccc2OC)c1. The van der Waals surface area contributed by atoms with Crippen molar-refractivity contribution in [3.8, 4) is 5.75 Å². The second-order valence-corrected chi connectivity index (χ2v) is 5.86. The van der Waals surface area contributed by atoms with E-state index in [9.17, 15) is 0 Å². The maximum Gasteiger partial charge on any atom is 0.124 e. The number of methoxy groups -OCH3 is 1. The van der Waals surface area contributed by atoms with Gasteiger partial charge >= 0.3 is 0 Å². The molecule has 0 saturated carbocycles. The fourth-order valence-electron chi connectivity index (χ4n) is 2.44. The molecule has 0 fully saturated rings. The van der Waals surface area contributed by atoms with E-state index in [4.69, 9.17) is 4.74 Å². The molecule has 1 aromatic heterocycles. The zero-order chi connectivity index (χ0) is 15.2. The molecule has 4 nitrogen and oxygen atoms in total. The molecule has 0 saturated heterocycles. The third-order valence-corrected chi connectivity index (χ3v) is 3.98. The number of hydrogen-bond acceptors (Lipinski definition) is 3. The lowest BCUT2D eigenvalue weighted by molar-refractivity contribution is 0.407. The molecule has 0 bridgehead atoms. The summed E-state index contributed by atoms with van der Waals surface area (Å²) >= 11 is 3.50. The standard InChI is InChI=1S/C16H22BrN3O/c1-4-15(18-5-2)13-9-19-20(11-13)10-12-8-14(17)6-7-16(12)21-3/h6-9,11,15,18H,4-5,10H2,1-3H3. The van der Waals surface area contributed by atoms with Crippen molar-refractivity contribution in [2.24, 2.45) is 0 Å². The van der Waals surface area contributed by atoms with Gasteiger partial charge in [-0.05, 0) is 31.2 Å². The van der Waals surface area contributed by atoms with Gasteiger partial charge in [0.15, 0.2) is 0 Å². The summed E-state index contributed by atoms with van der Waals surface area (Å²) in [6, 6.07) is 6.39. The van der Waals surface area contributed by atoms with Crippen molar-refractivity contribution in [1.29, 1.82) is 0 Å². The third-order valence-electron chi connectivity index (χ3n) is 3.49. The van der Waals surface area contributed by atoms with E-state index in [1.54, 1.807) is 7.11 Å². The second-order valence-electron chi connectivity index (χ2n) is 4.95. The maximum atomic E-state index is 5.41. The van der Waals surface area contributed by atoms with E-state index in [1.165, 1.54) is 5.56 Å². The van der Waals surface area contributed by atoms with Gasteiger partial charge in [-0.3, -0.25) is 4.68 Å². The monoisotopic (exact) mass is 351 g/mol. The predicted molar refractivity (Wildman–Crippen MR) is 88.7 cm³/mol. The van der Waals surface area contributed by atoms with Gasteiger partial charge in [0.1, 0.15) is 5.75 Å². The van der Waals surface area contributed by atoms with Crippen LogP contribution in [0, 0.1) is 0 Å². The molecular formula is C16H22BrN3O. The van der Waals surface area contributed by atoms with Crippen LogP contribution in [-0.2, 0) is 6.54 Å². The van der Waals surface area contributed by atoms with Crippen molar-refractivity contribution in [1.82, 2.24) is 15.1 Å². The first-order chi connectivity index (χ1) is 10.2. The number of nitrogens with one attached hydrogen (secondary N) is 1. The van der Waals surface area contributed by atoms with Crippen LogP contribution in [0.5, 0.6) is 5.75 Å². The van der Waals surface area contributed by atoms with Gasteiger partial charge in [0.05, 0.1) is 19.9 Å². The van der Waals surface area contributed by atoms with Gasteiger partial charge in [0, 0.05) is 27.8 Å². The topological polar surface area (TPSA) is 39.1 Å². The minimum absolute atomic E-state index is 0.369. The Morgan fingerprint density at radius 1 is 1.38 bits per heavy atom. The van der Waals surface area contributed by atoms with E-state index < -0.39 is 0 Å². The number of hydrogen-bond donors (Lipinski definition) is 1. The number of benzene rings is 1. The van der Waals surface area contributed by atoms with Crippen LogP contribution >= 0.6 is 15.9 Å². The molecule has 21 heavy (non-hydrogen) atoms. The molecule has 114 valence electrons. The van der Waals surface area contributed by atoms with Crippen molar-refractivity contribution in [2.45, 2.75) is 32.9 Å². The van der Waals surface area contributed by atoms with Crippen molar-refractivity contribution in [3.05, 3.63) is 46.2 Å². The van der Waals surface area contributed by atoms with Crippen LogP contribution in [-0.4, -0.2) is 23.4 Å². The van der Waals surface area contributed by atoms with Gasteiger partial charge in [-0.15, -0.1) is 0 Å². The smallest absolute Gasteiger partial charge is 0.124 e. The van der Waals surface area contributed by atoms with Gasteiger partial charge in [-0.25, -0.2) is 0 Å². The Kier molecular flexibility index (Phi) is 5.82. The van der Waals surface area contributed by atoms with Gasteiger partial charge < -0.3 is 10.1 Å². The highest BCUT2D eigenvalue weighted by Crippen LogP contribution is 2.24. The molecule has 1 atom stereocenters. The van der Waals surface area contributed by atoms with Crippen molar-refractivity contribution in [2.75, 3.05) is 13.7 Å². The average Bonchev–Trinajstić information content (AvgIpc) is 2.93. The molecule has 0 spiro atoms. The van der Waals surface area contributed by atoms with Gasteiger partial charge in [-0.2, -0.15) is 5.10 Å². The molecule has 0 radical (unpaired) electrons. The van der Waals surface area contributed by atoms with Gasteiger partial charge in [-0.1, -0.05) is 29.8 Å². The quantitative estimate of drug-likeness (QED) is 0.825. The molecule has 1 heterocycles. The third kappa shape index (κ3) is 4.08. The van der Waals surface area contributed by atoms with Crippen molar-refractivity contribution >= 4 is 15.9 Å². The lowest BCUT2D eigenvalue weighted by Crippen LogP contribution is -2.19. The average molecular weight is 352 g/mol. The summed E-state index contributed by atoms with van der Waals surface area (Å²) in [5, 5.41) is 7.95. The van der Waals surface area contributed by atoms with Crippen LogP contribution < -0.4 is 10.1 Å². The van der Waals surface area contributed by atoms with Crippen LogP contribution in [0.2, 0.25) is 0 Å². The first kappa shape index (κ1) is 16.0. The lowest BCUT2D eigenvalue weighted by Gasteiger charge is -2.13. The molecule has 0 aliphatic carbocycles. The summed E-state index contributed by atoms with van der Waals surface area (Å²) in [4.78, 5) is 0. The Bertz CT molecular complexity index is 583. The van der Waals surface area contributed by atoms with E-state index in [2.05, 4.69) is 52.5 Å². The van der Waals surface area contributed by atoms with E-state index in [-0.39, 0.29) is 0 Å². The zero-order valence-corrected chi connectivity index (χ0v) is 14.4. The highest BCUT2D eigenvalue weighted by atomic mass is 79.9. The second kappa shape index (κ2) is 7.61. The van der Waals surface area contributed by atoms with Crippen LogP contribution in [0.1, 0.15) is 37.4 Å². The minimum Gasteiger partial charge on any atom is -0.496 e. The van der Waals surface area contributed by atoms with Gasteiger partial charge in [0.25, 0.3) is 0 Å². The summed E-state index contributed by atoms with van der Waals surface area (Å²) in [5.41, 5.74) is 2.34. The number of ether oxygens (including phenoxy) is 1. The minimum atomic E-state index is 0.369. The Morgan fingerprint density at radius 3 is 2.86 bits per heavy atom. The Hall–Kier alpha value is -1.33. The fraction of sp³-hybridized carbons (Fsp3) is 0.438. The summed E-state index contributed by atoms with van der Waals surface area (Å²) < 4.78 is 8.42. The molecule has 2 rings (SSSR count). The first-order valence-electron chi connectivity index (χ1n) is 7.26. The molecule has 1 aromatic carbocycles. The largest absolute Gasteiger partial charge is 0.496 e. The number of nitrogens with zero attached hydrogens (tertiary/aromatic N) is 2. The summed E-state index contributed by atoms with van der Waals surface area (Å²) in [6.07, 6.45) is 5.11. The normalized spacial score (nSPS) is 12.4. The molecular weight excluding hydrogens is 330 g/mol. The molecule has 1 N–H and O–H groups in total. The zero-order valence-electron chi connectivity index (χ0n) is 12.8. The summed E-state index contributed by atoms with van der Waals surface area (Å²) in [5.74, 6) is 0.883. The van der Waals surface area contributed by atoms with Crippen LogP contribution in [0.25, 0.3) is 0 Å². The Morgan fingerprint density at radius 2 is 2.19 bits per heavy atom. The Labute approximate surface area is 134 Å². The molecule has 0 aliphatic heterocycles. The van der Waals surface area contributed by atoms with E-state index in [0.29, 0.717) is 12.6 Å².